The maximum absolute atomic E-state index is 12.6. The summed E-state index contributed by atoms with van der Waals surface area (Å²) in [5, 5.41) is 4.29. The number of hydrogen-bond donors (Lipinski definition) is 1. The van der Waals surface area contributed by atoms with Crippen molar-refractivity contribution < 1.29 is 23.9 Å². The Kier molecular flexibility index (Phi) is 7.19. The first-order valence-electron chi connectivity index (χ1n) is 10.0. The molecule has 0 atom stereocenters. The molecule has 0 aliphatic carbocycles. The summed E-state index contributed by atoms with van der Waals surface area (Å²) in [4.78, 5) is 47.2. The second-order valence-electron chi connectivity index (χ2n) is 6.99. The Hall–Kier alpha value is -3.76. The Morgan fingerprint density at radius 2 is 1.62 bits per heavy atom. The molecule has 0 bridgehead atoms. The number of esters is 2. The fourth-order valence-electron chi connectivity index (χ4n) is 3.20. The van der Waals surface area contributed by atoms with E-state index in [0.717, 1.165) is 20.7 Å². The number of nitrogens with zero attached hydrogens (tertiary/aromatic N) is 2. The molecule has 34 heavy (non-hydrogen) atoms. The number of rotatable bonds is 7. The lowest BCUT2D eigenvalue weighted by molar-refractivity contribution is -0.113. The zero-order valence-electron chi connectivity index (χ0n) is 18.2. The summed E-state index contributed by atoms with van der Waals surface area (Å²) in [7, 11) is 2.47. The Labute approximate surface area is 203 Å². The Morgan fingerprint density at radius 1 is 0.941 bits per heavy atom. The van der Waals surface area contributed by atoms with Crippen molar-refractivity contribution in [3.63, 3.8) is 0 Å². The normalized spacial score (nSPS) is 10.6. The van der Waals surface area contributed by atoms with Crippen molar-refractivity contribution >= 4 is 56.8 Å². The molecule has 0 aliphatic rings. The molecule has 2 aromatic heterocycles. The molecule has 0 radical (unpaired) electrons. The summed E-state index contributed by atoms with van der Waals surface area (Å²) < 4.78 is 9.45. The van der Waals surface area contributed by atoms with Gasteiger partial charge >= 0.3 is 11.9 Å². The molecule has 1 amide bonds. The highest BCUT2D eigenvalue weighted by Gasteiger charge is 2.16. The van der Waals surface area contributed by atoms with Gasteiger partial charge in [0.05, 0.1) is 31.1 Å². The van der Waals surface area contributed by atoms with E-state index in [9.17, 15) is 14.4 Å². The number of ether oxygens (including phenoxy) is 2. The molecule has 2 aromatic carbocycles. The Bertz CT molecular complexity index is 1340. The summed E-state index contributed by atoms with van der Waals surface area (Å²) in [5.74, 6) is -1.52. The van der Waals surface area contributed by atoms with E-state index in [1.165, 1.54) is 50.5 Å². The maximum Gasteiger partial charge on any atom is 0.337 e. The van der Waals surface area contributed by atoms with Crippen LogP contribution >= 0.6 is 23.1 Å². The van der Waals surface area contributed by atoms with E-state index in [-0.39, 0.29) is 28.5 Å². The van der Waals surface area contributed by atoms with Gasteiger partial charge in [0.1, 0.15) is 16.2 Å². The minimum atomic E-state index is -0.634. The van der Waals surface area contributed by atoms with Crippen molar-refractivity contribution in [2.75, 3.05) is 25.3 Å². The minimum absolute atomic E-state index is 0.0681. The number of carbonyl (C=O) groups is 3. The first-order valence-corrected chi connectivity index (χ1v) is 11.8. The second-order valence-corrected chi connectivity index (χ2v) is 8.99. The van der Waals surface area contributed by atoms with Crippen molar-refractivity contribution in [2.45, 2.75) is 5.03 Å². The van der Waals surface area contributed by atoms with E-state index in [1.807, 2.05) is 36.4 Å². The number of benzene rings is 2. The molecule has 4 aromatic rings. The van der Waals surface area contributed by atoms with Gasteiger partial charge in [-0.05, 0) is 29.8 Å². The van der Waals surface area contributed by atoms with Gasteiger partial charge in [-0.1, -0.05) is 42.1 Å². The highest BCUT2D eigenvalue weighted by atomic mass is 32.2. The van der Waals surface area contributed by atoms with Crippen molar-refractivity contribution in [1.29, 1.82) is 0 Å². The van der Waals surface area contributed by atoms with Crippen LogP contribution < -0.4 is 5.32 Å². The third-order valence-electron chi connectivity index (χ3n) is 4.75. The summed E-state index contributed by atoms with van der Waals surface area (Å²) >= 11 is 2.84. The second kappa shape index (κ2) is 10.4. The zero-order valence-corrected chi connectivity index (χ0v) is 19.9. The Balaban J connectivity index is 1.51. The van der Waals surface area contributed by atoms with Gasteiger partial charge in [0.2, 0.25) is 5.91 Å². The van der Waals surface area contributed by atoms with Crippen molar-refractivity contribution in [1.82, 2.24) is 9.97 Å². The van der Waals surface area contributed by atoms with E-state index in [1.54, 1.807) is 11.3 Å². The predicted octanol–water partition coefficient (Wildman–Crippen LogP) is 4.66. The fourth-order valence-corrected chi connectivity index (χ4v) is 5.04. The van der Waals surface area contributed by atoms with Gasteiger partial charge in [-0.2, -0.15) is 0 Å². The number of methoxy groups -OCH3 is 2. The standard InChI is InChI=1S/C24H19N3O5S2/c1-31-23(29)15-8-16(24(30)32-2)10-17(9-15)27-20(28)12-33-21-18-11-19(14-6-4-3-5-7-14)34-22(18)26-13-25-21/h3-11,13H,12H2,1-2H3,(H,27,28). The van der Waals surface area contributed by atoms with Gasteiger partial charge in [-0.25, -0.2) is 19.6 Å². The molecular weight excluding hydrogens is 474 g/mol. The summed E-state index contributed by atoms with van der Waals surface area (Å²) in [5.41, 5.74) is 1.62. The van der Waals surface area contributed by atoms with Crippen LogP contribution in [0.2, 0.25) is 0 Å². The molecule has 0 unspecified atom stereocenters. The molecule has 1 N–H and O–H groups in total. The molecule has 172 valence electrons. The number of fused-ring (bicyclic) bond motifs is 1. The van der Waals surface area contributed by atoms with E-state index < -0.39 is 11.9 Å². The van der Waals surface area contributed by atoms with Gasteiger partial charge in [0, 0.05) is 16.0 Å². The molecule has 2 heterocycles. The summed E-state index contributed by atoms with van der Waals surface area (Å²) in [6.45, 7) is 0. The number of anilines is 1. The molecule has 0 fully saturated rings. The van der Waals surface area contributed by atoms with Gasteiger partial charge in [0.25, 0.3) is 0 Å². The van der Waals surface area contributed by atoms with Gasteiger partial charge in [0.15, 0.2) is 0 Å². The molecule has 0 aliphatic heterocycles. The van der Waals surface area contributed by atoms with Crippen molar-refractivity contribution in [3.05, 3.63) is 72.1 Å². The monoisotopic (exact) mass is 493 g/mol. The molecule has 0 saturated heterocycles. The lowest BCUT2D eigenvalue weighted by Gasteiger charge is -2.09. The lowest BCUT2D eigenvalue weighted by atomic mass is 10.1. The first kappa shape index (κ1) is 23.4. The number of aromatic nitrogens is 2. The number of hydrogen-bond acceptors (Lipinski definition) is 9. The molecule has 0 spiro atoms. The van der Waals surface area contributed by atoms with Crippen LogP contribution in [0.25, 0.3) is 20.7 Å². The highest BCUT2D eigenvalue weighted by Crippen LogP contribution is 2.36. The van der Waals surface area contributed by atoms with E-state index in [0.29, 0.717) is 5.03 Å². The van der Waals surface area contributed by atoms with Gasteiger partial charge in [-0.3, -0.25) is 4.79 Å². The van der Waals surface area contributed by atoms with Gasteiger partial charge < -0.3 is 14.8 Å². The zero-order chi connectivity index (χ0) is 24.1. The quantitative estimate of drug-likeness (QED) is 0.225. The predicted molar refractivity (Wildman–Crippen MR) is 131 cm³/mol. The smallest absolute Gasteiger partial charge is 0.337 e. The average Bonchev–Trinajstić information content (AvgIpc) is 3.32. The van der Waals surface area contributed by atoms with Crippen LogP contribution in [0.15, 0.2) is 66.0 Å². The molecule has 0 saturated carbocycles. The average molecular weight is 494 g/mol. The highest BCUT2D eigenvalue weighted by molar-refractivity contribution is 8.00. The van der Waals surface area contributed by atoms with Crippen LogP contribution in [0.4, 0.5) is 5.69 Å². The van der Waals surface area contributed by atoms with E-state index in [2.05, 4.69) is 15.3 Å². The first-order chi connectivity index (χ1) is 16.5. The molecular formula is C24H19N3O5S2. The lowest BCUT2D eigenvalue weighted by Crippen LogP contribution is -2.16. The summed E-state index contributed by atoms with van der Waals surface area (Å²) in [6, 6.07) is 16.2. The maximum atomic E-state index is 12.6. The fraction of sp³-hybridized carbons (Fsp3) is 0.125. The number of thiophene rings is 1. The van der Waals surface area contributed by atoms with Crippen LogP contribution in [0.1, 0.15) is 20.7 Å². The molecule has 10 heteroatoms. The van der Waals surface area contributed by atoms with E-state index >= 15 is 0 Å². The summed E-state index contributed by atoms with van der Waals surface area (Å²) in [6.07, 6.45) is 1.48. The largest absolute Gasteiger partial charge is 0.465 e. The van der Waals surface area contributed by atoms with E-state index in [4.69, 9.17) is 9.47 Å². The minimum Gasteiger partial charge on any atom is -0.465 e. The van der Waals surface area contributed by atoms with Crippen LogP contribution in [-0.4, -0.2) is 47.8 Å². The Morgan fingerprint density at radius 3 is 2.26 bits per heavy atom. The molecule has 8 nitrogen and oxygen atoms in total. The van der Waals surface area contributed by atoms with Crippen LogP contribution in [0, 0.1) is 0 Å². The van der Waals surface area contributed by atoms with Crippen molar-refractivity contribution in [2.24, 2.45) is 0 Å². The topological polar surface area (TPSA) is 107 Å². The third-order valence-corrected chi connectivity index (χ3v) is 6.85. The molecule has 4 rings (SSSR count). The number of nitrogens with one attached hydrogen (secondary N) is 1. The van der Waals surface area contributed by atoms with Crippen LogP contribution in [-0.2, 0) is 14.3 Å². The van der Waals surface area contributed by atoms with Crippen LogP contribution in [0.3, 0.4) is 0 Å². The van der Waals surface area contributed by atoms with Crippen molar-refractivity contribution in [3.8, 4) is 10.4 Å². The number of carbonyl (C=O) groups excluding carboxylic acids is 3. The van der Waals surface area contributed by atoms with Gasteiger partial charge in [-0.15, -0.1) is 11.3 Å². The van der Waals surface area contributed by atoms with Crippen LogP contribution in [0.5, 0.6) is 0 Å². The third kappa shape index (κ3) is 5.24. The number of amides is 1. The SMILES string of the molecule is COC(=O)c1cc(NC(=O)CSc2ncnc3sc(-c4ccccc4)cc23)cc(C(=O)OC)c1. The number of thioether (sulfide) groups is 1.